The molecule has 0 saturated heterocycles. The summed E-state index contributed by atoms with van der Waals surface area (Å²) < 4.78 is 0. The van der Waals surface area contributed by atoms with E-state index in [-0.39, 0.29) is 0 Å². The van der Waals surface area contributed by atoms with Crippen LogP contribution in [-0.4, -0.2) is 19.6 Å². The topological polar surface area (TPSA) is 15.3 Å². The number of hydrogen-bond donors (Lipinski definition) is 1. The minimum atomic E-state index is 1.04. The Kier molecular flexibility index (Phi) is 1.56. The summed E-state index contributed by atoms with van der Waals surface area (Å²) in [6.07, 6.45) is 1.24. The molecule has 0 spiro atoms. The number of nitrogens with one attached hydrogen (secondary N) is 1. The minimum Gasteiger partial charge on any atom is -0.369 e. The maximum Gasteiger partial charge on any atom is 0.0445 e. The molecule has 0 radical (unpaired) electrons. The fraction of sp³-hybridized carbons (Fsp3) is 0.455. The lowest BCUT2D eigenvalue weighted by atomic mass is 10.1. The molecule has 2 aliphatic rings. The molecule has 3 rings (SSSR count). The molecular weight excluding hydrogens is 160 g/mol. The predicted octanol–water partition coefficient (Wildman–Crippen LogP) is 1.15. The van der Waals surface area contributed by atoms with Crippen molar-refractivity contribution in [2.75, 3.05) is 24.5 Å². The molecule has 1 N–H and O–H groups in total. The molecule has 2 heterocycles. The third kappa shape index (κ3) is 1.05. The molecule has 68 valence electrons. The molecule has 0 atom stereocenters. The van der Waals surface area contributed by atoms with Gasteiger partial charge >= 0.3 is 0 Å². The predicted molar refractivity (Wildman–Crippen MR) is 54.1 cm³/mol. The van der Waals surface area contributed by atoms with Crippen LogP contribution in [0, 0.1) is 0 Å². The highest BCUT2D eigenvalue weighted by molar-refractivity contribution is 5.63. The van der Waals surface area contributed by atoms with E-state index < -0.39 is 0 Å². The standard InChI is InChI=1S/C11H14N2/c1-2-9-4-6-13-7-5-12-8-10(3-1)11(9)13/h1-3,12H,4-8H2. The van der Waals surface area contributed by atoms with Crippen LogP contribution in [0.2, 0.25) is 0 Å². The van der Waals surface area contributed by atoms with Crippen LogP contribution in [0.5, 0.6) is 0 Å². The molecule has 0 amide bonds. The summed E-state index contributed by atoms with van der Waals surface area (Å²) in [5, 5.41) is 3.45. The summed E-state index contributed by atoms with van der Waals surface area (Å²) in [6.45, 7) is 4.55. The number of benzene rings is 1. The Bertz CT molecular complexity index is 333. The first-order chi connectivity index (χ1) is 6.45. The van der Waals surface area contributed by atoms with Gasteiger partial charge in [0.25, 0.3) is 0 Å². The van der Waals surface area contributed by atoms with Crippen LogP contribution < -0.4 is 10.2 Å². The Balaban J connectivity index is 2.16. The van der Waals surface area contributed by atoms with Gasteiger partial charge in [-0.2, -0.15) is 0 Å². The van der Waals surface area contributed by atoms with Crippen molar-refractivity contribution in [3.05, 3.63) is 29.3 Å². The quantitative estimate of drug-likeness (QED) is 0.634. The average Bonchev–Trinajstić information content (AvgIpc) is 2.44. The van der Waals surface area contributed by atoms with Crippen LogP contribution in [0.1, 0.15) is 11.1 Å². The summed E-state index contributed by atoms with van der Waals surface area (Å²) in [7, 11) is 0. The SMILES string of the molecule is c1cc2c3c(c1)CNCCN3CC2. The smallest absolute Gasteiger partial charge is 0.0445 e. The maximum atomic E-state index is 3.45. The van der Waals surface area contributed by atoms with Crippen molar-refractivity contribution in [2.45, 2.75) is 13.0 Å². The molecule has 0 aromatic heterocycles. The minimum absolute atomic E-state index is 1.04. The summed E-state index contributed by atoms with van der Waals surface area (Å²) >= 11 is 0. The van der Waals surface area contributed by atoms with Crippen molar-refractivity contribution in [1.29, 1.82) is 0 Å². The summed E-state index contributed by atoms with van der Waals surface area (Å²) in [6, 6.07) is 6.70. The van der Waals surface area contributed by atoms with Crippen LogP contribution in [0.25, 0.3) is 0 Å². The van der Waals surface area contributed by atoms with Gasteiger partial charge < -0.3 is 10.2 Å². The van der Waals surface area contributed by atoms with E-state index in [0.29, 0.717) is 0 Å². The Morgan fingerprint density at radius 1 is 1.15 bits per heavy atom. The van der Waals surface area contributed by atoms with E-state index in [1.165, 1.54) is 30.8 Å². The zero-order chi connectivity index (χ0) is 8.67. The summed E-state index contributed by atoms with van der Waals surface area (Å²) in [4.78, 5) is 2.52. The molecule has 0 aliphatic carbocycles. The Labute approximate surface area is 78.6 Å². The van der Waals surface area contributed by atoms with Gasteiger partial charge in [-0.1, -0.05) is 18.2 Å². The van der Waals surface area contributed by atoms with E-state index in [1.54, 1.807) is 5.56 Å². The molecule has 2 nitrogen and oxygen atoms in total. The normalized spacial score (nSPS) is 19.8. The zero-order valence-electron chi connectivity index (χ0n) is 7.71. The van der Waals surface area contributed by atoms with Gasteiger partial charge in [0, 0.05) is 31.9 Å². The lowest BCUT2D eigenvalue weighted by molar-refractivity contribution is 0.692. The van der Waals surface area contributed by atoms with Gasteiger partial charge in [0.1, 0.15) is 0 Å². The molecular formula is C11H14N2. The van der Waals surface area contributed by atoms with Crippen molar-refractivity contribution in [2.24, 2.45) is 0 Å². The van der Waals surface area contributed by atoms with Crippen molar-refractivity contribution in [3.8, 4) is 0 Å². The van der Waals surface area contributed by atoms with E-state index >= 15 is 0 Å². The second-order valence-corrected chi connectivity index (χ2v) is 3.84. The monoisotopic (exact) mass is 174 g/mol. The second kappa shape index (κ2) is 2.74. The number of anilines is 1. The molecule has 0 saturated carbocycles. The molecule has 1 aromatic carbocycles. The first-order valence-electron chi connectivity index (χ1n) is 5.01. The summed E-state index contributed by atoms with van der Waals surface area (Å²) in [5.74, 6) is 0. The van der Waals surface area contributed by atoms with Crippen LogP contribution >= 0.6 is 0 Å². The number of para-hydroxylation sites is 1. The Morgan fingerprint density at radius 3 is 3.08 bits per heavy atom. The van der Waals surface area contributed by atoms with Crippen molar-refractivity contribution in [1.82, 2.24) is 5.32 Å². The van der Waals surface area contributed by atoms with E-state index in [0.717, 1.165) is 13.1 Å². The first kappa shape index (κ1) is 7.39. The third-order valence-corrected chi connectivity index (χ3v) is 3.04. The average molecular weight is 174 g/mol. The van der Waals surface area contributed by atoms with Gasteiger partial charge in [0.2, 0.25) is 0 Å². The van der Waals surface area contributed by atoms with Gasteiger partial charge in [-0.3, -0.25) is 0 Å². The lowest BCUT2D eigenvalue weighted by Gasteiger charge is -2.17. The maximum absolute atomic E-state index is 3.45. The van der Waals surface area contributed by atoms with Crippen LogP contribution in [0.15, 0.2) is 18.2 Å². The second-order valence-electron chi connectivity index (χ2n) is 3.84. The number of hydrogen-bond acceptors (Lipinski definition) is 2. The molecule has 2 aliphatic heterocycles. The fourth-order valence-electron chi connectivity index (χ4n) is 2.42. The molecule has 0 fully saturated rings. The van der Waals surface area contributed by atoms with Crippen LogP contribution in [0.4, 0.5) is 5.69 Å². The molecule has 0 bridgehead atoms. The van der Waals surface area contributed by atoms with Crippen molar-refractivity contribution in [3.63, 3.8) is 0 Å². The van der Waals surface area contributed by atoms with Crippen molar-refractivity contribution < 1.29 is 0 Å². The fourth-order valence-corrected chi connectivity index (χ4v) is 2.42. The Hall–Kier alpha value is -1.02. The van der Waals surface area contributed by atoms with E-state index in [2.05, 4.69) is 28.4 Å². The highest BCUT2D eigenvalue weighted by atomic mass is 15.2. The largest absolute Gasteiger partial charge is 0.369 e. The third-order valence-electron chi connectivity index (χ3n) is 3.04. The molecule has 0 unspecified atom stereocenters. The van der Waals surface area contributed by atoms with E-state index in [9.17, 15) is 0 Å². The van der Waals surface area contributed by atoms with Crippen LogP contribution in [-0.2, 0) is 13.0 Å². The molecule has 2 heteroatoms. The zero-order valence-corrected chi connectivity index (χ0v) is 7.71. The number of nitrogens with zero attached hydrogens (tertiary/aromatic N) is 1. The number of rotatable bonds is 0. The van der Waals surface area contributed by atoms with Gasteiger partial charge in [-0.15, -0.1) is 0 Å². The highest BCUT2D eigenvalue weighted by Gasteiger charge is 2.22. The highest BCUT2D eigenvalue weighted by Crippen LogP contribution is 2.32. The van der Waals surface area contributed by atoms with Gasteiger partial charge in [-0.25, -0.2) is 0 Å². The van der Waals surface area contributed by atoms with Gasteiger partial charge in [0.15, 0.2) is 0 Å². The molecule has 13 heavy (non-hydrogen) atoms. The summed E-state index contributed by atoms with van der Waals surface area (Å²) in [5.41, 5.74) is 4.54. The Morgan fingerprint density at radius 2 is 2.08 bits per heavy atom. The van der Waals surface area contributed by atoms with Gasteiger partial charge in [0.05, 0.1) is 0 Å². The molecule has 1 aromatic rings. The van der Waals surface area contributed by atoms with Gasteiger partial charge in [-0.05, 0) is 17.5 Å². The van der Waals surface area contributed by atoms with E-state index in [4.69, 9.17) is 0 Å². The van der Waals surface area contributed by atoms with E-state index in [1.807, 2.05) is 0 Å². The lowest BCUT2D eigenvalue weighted by Crippen LogP contribution is -2.27. The van der Waals surface area contributed by atoms with Crippen LogP contribution in [0.3, 0.4) is 0 Å². The van der Waals surface area contributed by atoms with Crippen molar-refractivity contribution >= 4 is 5.69 Å². The first-order valence-corrected chi connectivity index (χ1v) is 5.01.